The first-order chi connectivity index (χ1) is 11.1. The Bertz CT molecular complexity index is 620. The van der Waals surface area contributed by atoms with Gasteiger partial charge >= 0.3 is 5.97 Å². The van der Waals surface area contributed by atoms with Gasteiger partial charge in [0, 0.05) is 19.9 Å². The largest absolute Gasteiger partial charge is 0.478 e. The first-order valence-electron chi connectivity index (χ1n) is 7.32. The van der Waals surface area contributed by atoms with Gasteiger partial charge in [-0.3, -0.25) is 9.59 Å². The van der Waals surface area contributed by atoms with Crippen LogP contribution in [0.2, 0.25) is 0 Å². The number of β-lactam (4-membered cyclic amide) rings is 1. The van der Waals surface area contributed by atoms with E-state index in [2.05, 4.69) is 12.5 Å². The van der Waals surface area contributed by atoms with Gasteiger partial charge in [-0.25, -0.2) is 0 Å². The maximum absolute atomic E-state index is 12.3. The molecule has 0 aromatic heterocycles. The monoisotopic (exact) mass is 313 g/mol. The zero-order valence-electron chi connectivity index (χ0n) is 13.0. The Morgan fingerprint density at radius 2 is 2.17 bits per heavy atom. The fourth-order valence-corrected chi connectivity index (χ4v) is 2.61. The molecule has 5 nitrogen and oxygen atoms in total. The van der Waals surface area contributed by atoms with E-state index in [0.29, 0.717) is 12.3 Å². The topological polar surface area (TPSA) is 55.8 Å². The quantitative estimate of drug-likeness (QED) is 0.333. The van der Waals surface area contributed by atoms with Gasteiger partial charge < -0.3 is 14.4 Å². The van der Waals surface area contributed by atoms with E-state index < -0.39 is 24.2 Å². The maximum Gasteiger partial charge on any atom is 0.303 e. The van der Waals surface area contributed by atoms with Crippen LogP contribution < -0.4 is 4.74 Å². The van der Waals surface area contributed by atoms with Gasteiger partial charge in [0.2, 0.25) is 6.10 Å². The zero-order chi connectivity index (χ0) is 16.8. The Morgan fingerprint density at radius 3 is 2.74 bits per heavy atom. The van der Waals surface area contributed by atoms with Crippen LogP contribution in [0.25, 0.3) is 0 Å². The zero-order valence-corrected chi connectivity index (χ0v) is 13.0. The van der Waals surface area contributed by atoms with E-state index in [0.717, 1.165) is 0 Å². The molecule has 120 valence electrons. The second-order valence-electron chi connectivity index (χ2n) is 5.18. The number of nitrogens with zero attached hydrogens (tertiary/aromatic N) is 1. The molecule has 1 aliphatic rings. The normalized spacial score (nSPS) is 20.9. The Morgan fingerprint density at radius 1 is 1.48 bits per heavy atom. The van der Waals surface area contributed by atoms with Gasteiger partial charge in [-0.05, 0) is 12.1 Å². The highest BCUT2D eigenvalue weighted by molar-refractivity contribution is 5.89. The number of carbonyl (C=O) groups is 2. The van der Waals surface area contributed by atoms with Crippen LogP contribution in [-0.2, 0) is 14.3 Å². The lowest BCUT2D eigenvalue weighted by Crippen LogP contribution is -2.71. The van der Waals surface area contributed by atoms with Crippen molar-refractivity contribution in [3.05, 3.63) is 43.0 Å². The number of benzene rings is 1. The van der Waals surface area contributed by atoms with E-state index in [9.17, 15) is 9.59 Å². The fourth-order valence-electron chi connectivity index (χ4n) is 2.61. The van der Waals surface area contributed by atoms with E-state index in [1.807, 2.05) is 18.2 Å². The number of hydrogen-bond donors (Lipinski definition) is 0. The molecule has 0 unspecified atom stereocenters. The highest BCUT2D eigenvalue weighted by Gasteiger charge is 2.53. The molecular weight excluding hydrogens is 294 g/mol. The van der Waals surface area contributed by atoms with Gasteiger partial charge in [0.25, 0.3) is 5.91 Å². The van der Waals surface area contributed by atoms with Gasteiger partial charge in [-0.15, -0.1) is 18.9 Å². The minimum Gasteiger partial charge on any atom is -0.478 e. The molecule has 0 radical (unpaired) electrons. The summed E-state index contributed by atoms with van der Waals surface area (Å²) in [5.74, 6) is 2.45. The summed E-state index contributed by atoms with van der Waals surface area (Å²) in [6, 6.07) is 8.60. The molecule has 0 saturated carbocycles. The average molecular weight is 313 g/mol. The van der Waals surface area contributed by atoms with Crippen molar-refractivity contribution in [1.82, 2.24) is 4.90 Å². The van der Waals surface area contributed by atoms with Crippen molar-refractivity contribution < 1.29 is 19.1 Å². The van der Waals surface area contributed by atoms with Crippen LogP contribution in [0.3, 0.4) is 0 Å². The molecule has 1 aromatic carbocycles. The highest BCUT2D eigenvalue weighted by atomic mass is 16.6. The molecule has 0 bridgehead atoms. The Balaban J connectivity index is 2.21. The van der Waals surface area contributed by atoms with E-state index >= 15 is 0 Å². The van der Waals surface area contributed by atoms with Crippen molar-refractivity contribution in [2.75, 3.05) is 6.54 Å². The molecule has 1 amide bonds. The molecule has 5 heteroatoms. The van der Waals surface area contributed by atoms with E-state index in [4.69, 9.17) is 15.9 Å². The minimum atomic E-state index is -0.727. The van der Waals surface area contributed by atoms with Crippen LogP contribution in [0.4, 0.5) is 0 Å². The van der Waals surface area contributed by atoms with Crippen LogP contribution >= 0.6 is 0 Å². The smallest absolute Gasteiger partial charge is 0.303 e. The number of rotatable bonds is 7. The molecule has 1 aromatic rings. The van der Waals surface area contributed by atoms with Crippen LogP contribution in [0.15, 0.2) is 43.0 Å². The predicted molar refractivity (Wildman–Crippen MR) is 85.6 cm³/mol. The number of ether oxygens (including phenoxy) is 2. The first kappa shape index (κ1) is 16.6. The first-order valence-corrected chi connectivity index (χ1v) is 7.32. The van der Waals surface area contributed by atoms with Crippen molar-refractivity contribution in [2.24, 2.45) is 0 Å². The highest BCUT2D eigenvalue weighted by Crippen LogP contribution is 2.30. The second kappa shape index (κ2) is 7.50. The summed E-state index contributed by atoms with van der Waals surface area (Å²) in [6.07, 6.45) is 5.86. The third-order valence-electron chi connectivity index (χ3n) is 3.55. The molecule has 1 heterocycles. The average Bonchev–Trinajstić information content (AvgIpc) is 2.53. The van der Waals surface area contributed by atoms with Crippen LogP contribution in [0, 0.1) is 12.3 Å². The predicted octanol–water partition coefficient (Wildman–Crippen LogP) is 1.79. The van der Waals surface area contributed by atoms with Crippen molar-refractivity contribution in [1.29, 1.82) is 0 Å². The Kier molecular flexibility index (Phi) is 5.42. The lowest BCUT2D eigenvalue weighted by atomic mass is 9.90. The summed E-state index contributed by atoms with van der Waals surface area (Å²) in [4.78, 5) is 25.2. The van der Waals surface area contributed by atoms with Crippen molar-refractivity contribution >= 4 is 11.9 Å². The van der Waals surface area contributed by atoms with Gasteiger partial charge in [-0.1, -0.05) is 24.3 Å². The van der Waals surface area contributed by atoms with Crippen molar-refractivity contribution in [2.45, 2.75) is 31.6 Å². The SMILES string of the molecule is C#CC[C@H](OC(C)=O)[C@H]1[C@@H](Oc2ccccc2)C(=O)N1CC=C. The molecule has 2 rings (SSSR count). The third kappa shape index (κ3) is 3.72. The number of amides is 1. The molecule has 1 aliphatic heterocycles. The summed E-state index contributed by atoms with van der Waals surface area (Å²) < 4.78 is 11.1. The summed E-state index contributed by atoms with van der Waals surface area (Å²) in [5.41, 5.74) is 0. The molecule has 0 spiro atoms. The maximum atomic E-state index is 12.3. The van der Waals surface area contributed by atoms with Crippen molar-refractivity contribution in [3.63, 3.8) is 0 Å². The standard InChI is InChI=1S/C18H19NO4/c1-4-9-15(22-13(3)20)16-17(18(21)19(16)12-5-2)23-14-10-7-6-8-11-14/h1,5-8,10-11,15-17H,2,9,12H2,3H3/t15-,16-,17+/m0/s1. The number of esters is 1. The summed E-state index contributed by atoms with van der Waals surface area (Å²) in [5, 5.41) is 0. The van der Waals surface area contributed by atoms with Gasteiger partial charge in [0.1, 0.15) is 17.9 Å². The molecule has 1 fully saturated rings. The van der Waals surface area contributed by atoms with Crippen LogP contribution in [0.1, 0.15) is 13.3 Å². The van der Waals surface area contributed by atoms with E-state index in [1.54, 1.807) is 23.1 Å². The number of terminal acetylenes is 1. The number of hydrogen-bond acceptors (Lipinski definition) is 4. The van der Waals surface area contributed by atoms with E-state index in [-0.39, 0.29) is 12.3 Å². The molecule has 3 atom stereocenters. The molecule has 0 aliphatic carbocycles. The Hall–Kier alpha value is -2.74. The fraction of sp³-hybridized carbons (Fsp3) is 0.333. The minimum absolute atomic E-state index is 0.173. The second-order valence-corrected chi connectivity index (χ2v) is 5.18. The van der Waals surface area contributed by atoms with Gasteiger partial charge in [-0.2, -0.15) is 0 Å². The van der Waals surface area contributed by atoms with Gasteiger partial charge in [0.05, 0.1) is 0 Å². The lowest BCUT2D eigenvalue weighted by molar-refractivity contribution is -0.179. The summed E-state index contributed by atoms with van der Waals surface area (Å²) in [7, 11) is 0. The summed E-state index contributed by atoms with van der Waals surface area (Å²) in [6.45, 7) is 5.31. The van der Waals surface area contributed by atoms with Crippen LogP contribution in [-0.4, -0.2) is 41.6 Å². The third-order valence-corrected chi connectivity index (χ3v) is 3.55. The number of carbonyl (C=O) groups excluding carboxylic acids is 2. The van der Waals surface area contributed by atoms with Crippen LogP contribution in [0.5, 0.6) is 5.75 Å². The number of likely N-dealkylation sites (tertiary alicyclic amines) is 1. The Labute approximate surface area is 135 Å². The van der Waals surface area contributed by atoms with Gasteiger partial charge in [0.15, 0.2) is 0 Å². The number of para-hydroxylation sites is 1. The van der Waals surface area contributed by atoms with E-state index in [1.165, 1.54) is 6.92 Å². The lowest BCUT2D eigenvalue weighted by Gasteiger charge is -2.48. The molecule has 1 saturated heterocycles. The molecule has 0 N–H and O–H groups in total. The van der Waals surface area contributed by atoms with Crippen molar-refractivity contribution in [3.8, 4) is 18.1 Å². The molecule has 23 heavy (non-hydrogen) atoms. The molecular formula is C18H19NO4. The summed E-state index contributed by atoms with van der Waals surface area (Å²) >= 11 is 0.